The Morgan fingerprint density at radius 1 is 1.10 bits per heavy atom. The smallest absolute Gasteiger partial charge is 0.303 e. The van der Waals surface area contributed by atoms with E-state index in [0.717, 1.165) is 10.0 Å². The zero-order valence-electron chi connectivity index (χ0n) is 16.3. The normalized spacial score (nSPS) is 16.0. The number of amides is 2. The molecule has 1 fully saturated rings. The van der Waals surface area contributed by atoms with Crippen molar-refractivity contribution < 1.29 is 19.5 Å². The number of halogens is 1. The highest BCUT2D eigenvalue weighted by Gasteiger charge is 2.35. The highest BCUT2D eigenvalue weighted by molar-refractivity contribution is 9.10. The molecule has 2 amide bonds. The average molecular weight is 491 g/mol. The fraction of sp³-hybridized carbons (Fsp3) is 0.318. The maximum atomic E-state index is 12.7. The molecule has 1 aliphatic heterocycles. The van der Waals surface area contributed by atoms with E-state index in [1.165, 1.54) is 0 Å². The number of benzene rings is 2. The van der Waals surface area contributed by atoms with Gasteiger partial charge in [0.15, 0.2) is 0 Å². The summed E-state index contributed by atoms with van der Waals surface area (Å²) in [6.07, 6.45) is 2.31. The van der Waals surface area contributed by atoms with Gasteiger partial charge in [-0.15, -0.1) is 11.8 Å². The van der Waals surface area contributed by atoms with Crippen molar-refractivity contribution in [2.75, 3.05) is 16.0 Å². The van der Waals surface area contributed by atoms with Crippen LogP contribution >= 0.6 is 27.7 Å². The summed E-state index contributed by atoms with van der Waals surface area (Å²) < 4.78 is 0.949. The molecule has 1 atom stereocenters. The van der Waals surface area contributed by atoms with Gasteiger partial charge in [-0.25, -0.2) is 0 Å². The number of carboxylic acids is 1. The molecule has 1 unspecified atom stereocenters. The van der Waals surface area contributed by atoms with E-state index in [2.05, 4.69) is 21.2 Å². The number of aliphatic carboxylic acids is 1. The van der Waals surface area contributed by atoms with E-state index in [0.29, 0.717) is 42.8 Å². The molecule has 0 radical (unpaired) electrons. The van der Waals surface area contributed by atoms with Crippen LogP contribution in [-0.4, -0.2) is 28.6 Å². The molecule has 1 saturated heterocycles. The van der Waals surface area contributed by atoms with Crippen LogP contribution in [-0.2, 0) is 14.4 Å². The fourth-order valence-corrected chi connectivity index (χ4v) is 4.91. The topological polar surface area (TPSA) is 86.7 Å². The minimum absolute atomic E-state index is 0.000320. The summed E-state index contributed by atoms with van der Waals surface area (Å²) in [7, 11) is 0. The Balaban J connectivity index is 1.71. The number of nitrogens with zero attached hydrogens (tertiary/aromatic N) is 1. The number of anilines is 2. The van der Waals surface area contributed by atoms with Gasteiger partial charge in [0.1, 0.15) is 5.37 Å². The number of carbonyl (C=O) groups is 3. The third-order valence-corrected chi connectivity index (χ3v) is 6.44. The molecule has 2 N–H and O–H groups in total. The fourth-order valence-electron chi connectivity index (χ4n) is 3.33. The molecule has 158 valence electrons. The van der Waals surface area contributed by atoms with E-state index in [-0.39, 0.29) is 23.6 Å². The molecule has 1 heterocycles. The van der Waals surface area contributed by atoms with Crippen molar-refractivity contribution in [3.8, 4) is 0 Å². The van der Waals surface area contributed by atoms with Crippen LogP contribution in [0.2, 0.25) is 0 Å². The van der Waals surface area contributed by atoms with E-state index in [9.17, 15) is 14.4 Å². The number of unbranched alkanes of at least 4 members (excludes halogenated alkanes) is 2. The van der Waals surface area contributed by atoms with Gasteiger partial charge in [-0.3, -0.25) is 19.3 Å². The molecule has 1 aliphatic rings. The van der Waals surface area contributed by atoms with Crippen LogP contribution in [0.1, 0.15) is 43.0 Å². The van der Waals surface area contributed by atoms with E-state index in [4.69, 9.17) is 5.11 Å². The Kier molecular flexibility index (Phi) is 7.93. The van der Waals surface area contributed by atoms with Gasteiger partial charge < -0.3 is 10.4 Å². The largest absolute Gasteiger partial charge is 0.481 e. The predicted molar refractivity (Wildman–Crippen MR) is 123 cm³/mol. The average Bonchev–Trinajstić information content (AvgIpc) is 3.09. The van der Waals surface area contributed by atoms with Crippen LogP contribution in [0.4, 0.5) is 11.4 Å². The molecule has 6 nitrogen and oxygen atoms in total. The van der Waals surface area contributed by atoms with Crippen molar-refractivity contribution in [2.24, 2.45) is 0 Å². The van der Waals surface area contributed by atoms with Crippen molar-refractivity contribution in [1.29, 1.82) is 0 Å². The van der Waals surface area contributed by atoms with Crippen LogP contribution < -0.4 is 10.2 Å². The second-order valence-electron chi connectivity index (χ2n) is 7.00. The summed E-state index contributed by atoms with van der Waals surface area (Å²) in [6.45, 7) is 0. The SMILES string of the molecule is O=C(O)CCCCCC(=O)Nc1ccccc1N1C(=O)CSC1c1cccc(Br)c1. The van der Waals surface area contributed by atoms with Gasteiger partial charge in [-0.1, -0.05) is 46.6 Å². The first kappa shape index (κ1) is 22.4. The lowest BCUT2D eigenvalue weighted by Crippen LogP contribution is -2.29. The zero-order valence-corrected chi connectivity index (χ0v) is 18.7. The molecule has 0 aromatic heterocycles. The standard InChI is InChI=1S/C22H23BrN2O4S/c23-16-8-6-7-15(13-16)22-25(20(27)14-30-22)18-10-5-4-9-17(18)24-19(26)11-2-1-3-12-21(28)29/h4-10,13,22H,1-3,11-12,14H2,(H,24,26)(H,28,29). The molecule has 0 saturated carbocycles. The Morgan fingerprint density at radius 3 is 2.63 bits per heavy atom. The van der Waals surface area contributed by atoms with Gasteiger partial charge in [0.05, 0.1) is 17.1 Å². The molecule has 8 heteroatoms. The van der Waals surface area contributed by atoms with Crippen LogP contribution in [0, 0.1) is 0 Å². The van der Waals surface area contributed by atoms with E-state index in [1.54, 1.807) is 22.7 Å². The Morgan fingerprint density at radius 2 is 1.87 bits per heavy atom. The molecule has 30 heavy (non-hydrogen) atoms. The van der Waals surface area contributed by atoms with Gasteiger partial charge in [0, 0.05) is 17.3 Å². The Labute approximate surface area is 188 Å². The first-order valence-corrected chi connectivity index (χ1v) is 11.6. The van der Waals surface area contributed by atoms with Gasteiger partial charge in [-0.05, 0) is 42.7 Å². The third-order valence-electron chi connectivity index (χ3n) is 4.73. The third kappa shape index (κ3) is 5.86. The lowest BCUT2D eigenvalue weighted by Gasteiger charge is -2.26. The molecule has 0 spiro atoms. The van der Waals surface area contributed by atoms with Crippen molar-refractivity contribution in [1.82, 2.24) is 0 Å². The molecule has 0 aliphatic carbocycles. The second-order valence-corrected chi connectivity index (χ2v) is 8.99. The number of thioether (sulfide) groups is 1. The summed E-state index contributed by atoms with van der Waals surface area (Å²) in [4.78, 5) is 37.4. The molecule has 3 rings (SSSR count). The number of hydrogen-bond acceptors (Lipinski definition) is 4. The molecule has 2 aromatic rings. The number of carbonyl (C=O) groups excluding carboxylic acids is 2. The maximum Gasteiger partial charge on any atom is 0.303 e. The van der Waals surface area contributed by atoms with Crippen LogP contribution in [0.25, 0.3) is 0 Å². The lowest BCUT2D eigenvalue weighted by molar-refractivity contribution is -0.137. The first-order chi connectivity index (χ1) is 14.5. The summed E-state index contributed by atoms with van der Waals surface area (Å²) in [5.74, 6) is -0.582. The number of hydrogen-bond donors (Lipinski definition) is 2. The van der Waals surface area contributed by atoms with Gasteiger partial charge in [-0.2, -0.15) is 0 Å². The van der Waals surface area contributed by atoms with Crippen molar-refractivity contribution in [3.63, 3.8) is 0 Å². The highest BCUT2D eigenvalue weighted by Crippen LogP contribution is 2.44. The first-order valence-electron chi connectivity index (χ1n) is 9.75. The summed E-state index contributed by atoms with van der Waals surface area (Å²) in [5, 5.41) is 11.4. The molecular weight excluding hydrogens is 468 g/mol. The van der Waals surface area contributed by atoms with Gasteiger partial charge >= 0.3 is 5.97 Å². The minimum atomic E-state index is -0.818. The molecule has 2 aromatic carbocycles. The van der Waals surface area contributed by atoms with Gasteiger partial charge in [0.2, 0.25) is 11.8 Å². The quantitative estimate of drug-likeness (QED) is 0.471. The second kappa shape index (κ2) is 10.6. The monoisotopic (exact) mass is 490 g/mol. The summed E-state index contributed by atoms with van der Waals surface area (Å²) in [5.41, 5.74) is 2.29. The van der Waals surface area contributed by atoms with Crippen molar-refractivity contribution >= 4 is 56.9 Å². The zero-order chi connectivity index (χ0) is 21.5. The summed E-state index contributed by atoms with van der Waals surface area (Å²) in [6, 6.07) is 15.2. The van der Waals surface area contributed by atoms with Gasteiger partial charge in [0.25, 0.3) is 0 Å². The van der Waals surface area contributed by atoms with Crippen LogP contribution in [0.5, 0.6) is 0 Å². The Bertz CT molecular complexity index is 937. The van der Waals surface area contributed by atoms with Crippen molar-refractivity contribution in [2.45, 2.75) is 37.5 Å². The maximum absolute atomic E-state index is 12.7. The molecule has 0 bridgehead atoms. The van der Waals surface area contributed by atoms with Crippen molar-refractivity contribution in [3.05, 3.63) is 58.6 Å². The lowest BCUT2D eigenvalue weighted by atomic mass is 10.1. The number of rotatable bonds is 9. The highest BCUT2D eigenvalue weighted by atomic mass is 79.9. The summed E-state index contributed by atoms with van der Waals surface area (Å²) >= 11 is 5.05. The van der Waals surface area contributed by atoms with E-state index >= 15 is 0 Å². The number of para-hydroxylation sites is 2. The van der Waals surface area contributed by atoms with Crippen LogP contribution in [0.3, 0.4) is 0 Å². The predicted octanol–water partition coefficient (Wildman–Crippen LogP) is 5.20. The van der Waals surface area contributed by atoms with E-state index < -0.39 is 5.97 Å². The number of carboxylic acid groups (broad SMARTS) is 1. The molecular formula is C22H23BrN2O4S. The minimum Gasteiger partial charge on any atom is -0.481 e. The van der Waals surface area contributed by atoms with E-state index in [1.807, 2.05) is 42.5 Å². The van der Waals surface area contributed by atoms with Crippen LogP contribution in [0.15, 0.2) is 53.0 Å². The Hall–Kier alpha value is -2.32. The number of nitrogens with one attached hydrogen (secondary N) is 1.